The van der Waals surface area contributed by atoms with Gasteiger partial charge in [-0.2, -0.15) is 0 Å². The molecule has 2 heterocycles. The van der Waals surface area contributed by atoms with Gasteiger partial charge in [0.25, 0.3) is 0 Å². The van der Waals surface area contributed by atoms with Crippen LogP contribution in [0.15, 0.2) is 60.7 Å². The van der Waals surface area contributed by atoms with Gasteiger partial charge in [-0.3, -0.25) is 4.90 Å². The number of hydrogen-bond acceptors (Lipinski definition) is 2. The predicted octanol–water partition coefficient (Wildman–Crippen LogP) is 4.88. The van der Waals surface area contributed by atoms with Gasteiger partial charge in [-0.05, 0) is 68.2 Å². The Kier molecular flexibility index (Phi) is 7.41. The Bertz CT molecular complexity index is 763. The molecule has 0 radical (unpaired) electrons. The highest BCUT2D eigenvalue weighted by molar-refractivity contribution is 5.74. The summed E-state index contributed by atoms with van der Waals surface area (Å²) in [6, 6.07) is 21.6. The lowest BCUT2D eigenvalue weighted by atomic mass is 9.89. The van der Waals surface area contributed by atoms with Crippen molar-refractivity contribution in [2.75, 3.05) is 32.7 Å². The molecule has 0 atom stereocenters. The van der Waals surface area contributed by atoms with Crippen LogP contribution in [0.5, 0.6) is 0 Å². The van der Waals surface area contributed by atoms with Crippen LogP contribution in [0.25, 0.3) is 0 Å². The van der Waals surface area contributed by atoms with E-state index >= 15 is 0 Å². The van der Waals surface area contributed by atoms with Crippen molar-refractivity contribution in [1.29, 1.82) is 0 Å². The van der Waals surface area contributed by atoms with E-state index in [2.05, 4.69) is 70.9 Å². The van der Waals surface area contributed by atoms with Crippen molar-refractivity contribution < 1.29 is 4.79 Å². The number of nitrogens with one attached hydrogen (secondary N) is 1. The average Bonchev–Trinajstić information content (AvgIpc) is 2.81. The van der Waals surface area contributed by atoms with Crippen LogP contribution in [-0.4, -0.2) is 48.6 Å². The first-order chi connectivity index (χ1) is 14.8. The molecule has 0 saturated carbocycles. The van der Waals surface area contributed by atoms with Crippen LogP contribution in [0.2, 0.25) is 0 Å². The van der Waals surface area contributed by atoms with Crippen LogP contribution in [0.3, 0.4) is 0 Å². The lowest BCUT2D eigenvalue weighted by Gasteiger charge is -2.33. The standard InChI is InChI=1S/C26H35N3O/c30-26(29-19-14-25(15-20-29)24-9-5-2-6-10-24)27-16-11-22-12-17-28(18-13-22)21-23-7-3-1-4-8-23/h1-10,22,25H,11-21H2,(H,27,30). The maximum absolute atomic E-state index is 12.5. The second-order valence-electron chi connectivity index (χ2n) is 8.90. The third-order valence-corrected chi connectivity index (χ3v) is 6.84. The van der Waals surface area contributed by atoms with E-state index in [9.17, 15) is 4.79 Å². The summed E-state index contributed by atoms with van der Waals surface area (Å²) in [6.07, 6.45) is 5.72. The van der Waals surface area contributed by atoms with Crippen LogP contribution in [0.4, 0.5) is 4.79 Å². The van der Waals surface area contributed by atoms with Gasteiger partial charge in [-0.1, -0.05) is 60.7 Å². The lowest BCUT2D eigenvalue weighted by Crippen LogP contribution is -2.44. The largest absolute Gasteiger partial charge is 0.338 e. The summed E-state index contributed by atoms with van der Waals surface area (Å²) in [6.45, 7) is 5.93. The van der Waals surface area contributed by atoms with Gasteiger partial charge < -0.3 is 10.2 Å². The number of likely N-dealkylation sites (tertiary alicyclic amines) is 2. The second kappa shape index (κ2) is 10.6. The van der Waals surface area contributed by atoms with Crippen LogP contribution in [0.1, 0.15) is 49.1 Å². The highest BCUT2D eigenvalue weighted by Crippen LogP contribution is 2.27. The normalized spacial score (nSPS) is 19.0. The highest BCUT2D eigenvalue weighted by Gasteiger charge is 2.24. The SMILES string of the molecule is O=C(NCCC1CCN(Cc2ccccc2)CC1)N1CCC(c2ccccc2)CC1. The van der Waals surface area contributed by atoms with E-state index in [1.54, 1.807) is 0 Å². The molecule has 2 aromatic carbocycles. The van der Waals surface area contributed by atoms with Crippen molar-refractivity contribution in [3.8, 4) is 0 Å². The molecule has 0 aliphatic carbocycles. The van der Waals surface area contributed by atoms with Gasteiger partial charge in [0.15, 0.2) is 0 Å². The first-order valence-electron chi connectivity index (χ1n) is 11.6. The van der Waals surface area contributed by atoms with Crippen LogP contribution in [0, 0.1) is 5.92 Å². The van der Waals surface area contributed by atoms with Gasteiger partial charge in [0, 0.05) is 26.2 Å². The van der Waals surface area contributed by atoms with Crippen molar-refractivity contribution in [3.63, 3.8) is 0 Å². The van der Waals surface area contributed by atoms with Crippen molar-refractivity contribution in [1.82, 2.24) is 15.1 Å². The van der Waals surface area contributed by atoms with E-state index in [0.29, 0.717) is 5.92 Å². The number of urea groups is 1. The molecule has 2 aliphatic heterocycles. The fourth-order valence-corrected chi connectivity index (χ4v) is 4.91. The zero-order valence-electron chi connectivity index (χ0n) is 18.0. The van der Waals surface area contributed by atoms with Crippen LogP contribution < -0.4 is 5.32 Å². The van der Waals surface area contributed by atoms with Crippen molar-refractivity contribution in [2.24, 2.45) is 5.92 Å². The summed E-state index contributed by atoms with van der Waals surface area (Å²) in [7, 11) is 0. The van der Waals surface area contributed by atoms with E-state index in [1.165, 1.54) is 37.1 Å². The molecular formula is C26H35N3O. The maximum Gasteiger partial charge on any atom is 0.317 e. The number of piperidine rings is 2. The Morgan fingerprint density at radius 1 is 0.833 bits per heavy atom. The quantitative estimate of drug-likeness (QED) is 0.744. The molecule has 2 fully saturated rings. The molecule has 2 aromatic rings. The maximum atomic E-state index is 12.5. The summed E-state index contributed by atoms with van der Waals surface area (Å²) in [4.78, 5) is 17.1. The van der Waals surface area contributed by atoms with Gasteiger partial charge in [-0.15, -0.1) is 0 Å². The second-order valence-corrected chi connectivity index (χ2v) is 8.90. The third-order valence-electron chi connectivity index (χ3n) is 6.84. The molecule has 0 unspecified atom stereocenters. The molecule has 160 valence electrons. The van der Waals surface area contributed by atoms with Gasteiger partial charge in [0.05, 0.1) is 0 Å². The fraction of sp³-hybridized carbons (Fsp3) is 0.500. The fourth-order valence-electron chi connectivity index (χ4n) is 4.91. The first-order valence-corrected chi connectivity index (χ1v) is 11.6. The minimum Gasteiger partial charge on any atom is -0.338 e. The van der Waals surface area contributed by atoms with Crippen molar-refractivity contribution in [3.05, 3.63) is 71.8 Å². The monoisotopic (exact) mass is 405 g/mol. The molecule has 30 heavy (non-hydrogen) atoms. The Labute approximate surface area is 181 Å². The van der Waals surface area contributed by atoms with Gasteiger partial charge in [0.2, 0.25) is 0 Å². The molecule has 4 rings (SSSR count). The number of nitrogens with zero attached hydrogens (tertiary/aromatic N) is 2. The Morgan fingerprint density at radius 3 is 2.13 bits per heavy atom. The molecule has 0 aromatic heterocycles. The highest BCUT2D eigenvalue weighted by atomic mass is 16.2. The van der Waals surface area contributed by atoms with Crippen LogP contribution in [-0.2, 0) is 6.54 Å². The molecular weight excluding hydrogens is 370 g/mol. The molecule has 4 heteroatoms. The zero-order valence-corrected chi connectivity index (χ0v) is 18.0. The number of carbonyl (C=O) groups is 1. The van der Waals surface area contributed by atoms with Crippen LogP contribution >= 0.6 is 0 Å². The van der Waals surface area contributed by atoms with E-state index in [4.69, 9.17) is 0 Å². The van der Waals surface area contributed by atoms with Crippen molar-refractivity contribution in [2.45, 2.75) is 44.6 Å². The minimum absolute atomic E-state index is 0.128. The summed E-state index contributed by atoms with van der Waals surface area (Å²) in [5.41, 5.74) is 2.82. The number of amides is 2. The smallest absolute Gasteiger partial charge is 0.317 e. The summed E-state index contributed by atoms with van der Waals surface area (Å²) < 4.78 is 0. The van der Waals surface area contributed by atoms with Crippen molar-refractivity contribution >= 4 is 6.03 Å². The number of hydrogen-bond donors (Lipinski definition) is 1. The molecule has 1 N–H and O–H groups in total. The number of carbonyl (C=O) groups excluding carboxylic acids is 1. The average molecular weight is 406 g/mol. The Hall–Kier alpha value is -2.33. The lowest BCUT2D eigenvalue weighted by molar-refractivity contribution is 0.166. The van der Waals surface area contributed by atoms with E-state index in [1.807, 2.05) is 4.90 Å². The molecule has 0 bridgehead atoms. The first kappa shape index (κ1) is 20.9. The van der Waals surface area contributed by atoms with Gasteiger partial charge >= 0.3 is 6.03 Å². The minimum atomic E-state index is 0.128. The Balaban J connectivity index is 1.11. The van der Waals surface area contributed by atoms with Gasteiger partial charge in [-0.25, -0.2) is 4.79 Å². The van der Waals surface area contributed by atoms with E-state index < -0.39 is 0 Å². The number of rotatable bonds is 6. The summed E-state index contributed by atoms with van der Waals surface area (Å²) in [5.74, 6) is 1.33. The molecule has 4 nitrogen and oxygen atoms in total. The van der Waals surface area contributed by atoms with E-state index in [-0.39, 0.29) is 6.03 Å². The Morgan fingerprint density at radius 2 is 1.47 bits per heavy atom. The number of benzene rings is 2. The van der Waals surface area contributed by atoms with Gasteiger partial charge in [0.1, 0.15) is 0 Å². The molecule has 2 aliphatic rings. The van der Waals surface area contributed by atoms with E-state index in [0.717, 1.165) is 51.4 Å². The topological polar surface area (TPSA) is 35.6 Å². The summed E-state index contributed by atoms with van der Waals surface area (Å²) in [5, 5.41) is 3.18. The molecule has 0 spiro atoms. The zero-order chi connectivity index (χ0) is 20.6. The predicted molar refractivity (Wildman–Crippen MR) is 122 cm³/mol. The third kappa shape index (κ3) is 5.85. The molecule has 2 amide bonds. The summed E-state index contributed by atoms with van der Waals surface area (Å²) >= 11 is 0. The molecule has 2 saturated heterocycles.